The van der Waals surface area contributed by atoms with Crippen LogP contribution in [0.4, 0.5) is 0 Å². The number of imide groups is 1. The molecule has 0 fully saturated rings. The third-order valence-corrected chi connectivity index (χ3v) is 3.50. The topological polar surface area (TPSA) is 59.0 Å². The van der Waals surface area contributed by atoms with Gasteiger partial charge in [-0.25, -0.2) is 0 Å². The molecule has 5 heteroatoms. The minimum Gasteiger partial charge on any atom is -0.481 e. The van der Waals surface area contributed by atoms with E-state index in [9.17, 15) is 9.59 Å². The molecule has 1 unspecified atom stereocenters. The van der Waals surface area contributed by atoms with Crippen molar-refractivity contribution >= 4 is 28.3 Å². The van der Waals surface area contributed by atoms with Crippen molar-refractivity contribution in [1.29, 1.82) is 0 Å². The molecule has 0 N–H and O–H groups in total. The normalized spacial score (nSPS) is 15.8. The van der Waals surface area contributed by atoms with Gasteiger partial charge in [0.15, 0.2) is 6.10 Å². The summed E-state index contributed by atoms with van der Waals surface area (Å²) in [6.07, 6.45) is -0.589. The second-order valence-corrected chi connectivity index (χ2v) is 5.32. The maximum Gasteiger partial charge on any atom is 0.290 e. The van der Waals surface area contributed by atoms with Gasteiger partial charge in [-0.05, 0) is 36.8 Å². The highest BCUT2D eigenvalue weighted by molar-refractivity contribution is 6.10. The van der Waals surface area contributed by atoms with E-state index in [4.69, 9.17) is 4.74 Å². The molecule has 2 amide bonds. The third-order valence-electron chi connectivity index (χ3n) is 3.50. The van der Waals surface area contributed by atoms with Crippen molar-refractivity contribution < 1.29 is 14.3 Å². The van der Waals surface area contributed by atoms with Crippen LogP contribution in [0, 0.1) is 0 Å². The van der Waals surface area contributed by atoms with Gasteiger partial charge in [0.2, 0.25) is 0 Å². The van der Waals surface area contributed by atoms with E-state index in [0.29, 0.717) is 11.5 Å². The van der Waals surface area contributed by atoms with Gasteiger partial charge in [0.1, 0.15) is 5.75 Å². The van der Waals surface area contributed by atoms with Crippen LogP contribution in [0.2, 0.25) is 0 Å². The first-order valence-corrected chi connectivity index (χ1v) is 7.11. The predicted molar refractivity (Wildman–Crippen MR) is 83.6 cm³/mol. The fourth-order valence-electron chi connectivity index (χ4n) is 2.40. The Balaban J connectivity index is 1.76. The molecule has 3 rings (SSSR count). The Hall–Kier alpha value is -2.69. The molecule has 5 nitrogen and oxygen atoms in total. The molecule has 0 spiro atoms. The number of carbonyl (C=O) groups is 2. The maximum atomic E-state index is 12.2. The highest BCUT2D eigenvalue weighted by Gasteiger charge is 2.31. The van der Waals surface area contributed by atoms with Crippen LogP contribution in [0.1, 0.15) is 20.3 Å². The molecule has 0 saturated heterocycles. The molecule has 0 aromatic heterocycles. The number of ether oxygens (including phenoxy) is 1. The SMILES string of the molecule is CC1=NN(C(=O)C(C)Oc2ccc3ccccc3c2)C(=O)C1. The summed E-state index contributed by atoms with van der Waals surface area (Å²) in [5, 5.41) is 6.99. The van der Waals surface area contributed by atoms with Crippen LogP contribution >= 0.6 is 0 Å². The molecule has 0 saturated carbocycles. The largest absolute Gasteiger partial charge is 0.481 e. The molecule has 22 heavy (non-hydrogen) atoms. The molecule has 112 valence electrons. The minimum atomic E-state index is -0.778. The van der Waals surface area contributed by atoms with Gasteiger partial charge in [0, 0.05) is 5.71 Å². The quantitative estimate of drug-likeness (QED) is 0.875. The van der Waals surface area contributed by atoms with Crippen LogP contribution in [0.15, 0.2) is 47.6 Å². The second kappa shape index (κ2) is 5.60. The smallest absolute Gasteiger partial charge is 0.290 e. The number of hydrazone groups is 1. The number of hydrogen-bond donors (Lipinski definition) is 0. The predicted octanol–water partition coefficient (Wildman–Crippen LogP) is 2.74. The van der Waals surface area contributed by atoms with Crippen molar-refractivity contribution in [2.24, 2.45) is 5.10 Å². The van der Waals surface area contributed by atoms with E-state index in [1.54, 1.807) is 13.8 Å². The maximum absolute atomic E-state index is 12.2. The molecular weight excluding hydrogens is 280 g/mol. The lowest BCUT2D eigenvalue weighted by Gasteiger charge is -2.17. The standard InChI is InChI=1S/C17H16N2O3/c1-11-9-16(20)19(18-11)17(21)12(2)22-15-8-7-13-5-3-4-6-14(13)10-15/h3-8,10,12H,9H2,1-2H3. The van der Waals surface area contributed by atoms with Crippen molar-refractivity contribution in [3.8, 4) is 5.75 Å². The zero-order chi connectivity index (χ0) is 15.7. The van der Waals surface area contributed by atoms with Gasteiger partial charge < -0.3 is 4.74 Å². The Kier molecular flexibility index (Phi) is 3.63. The van der Waals surface area contributed by atoms with Crippen molar-refractivity contribution in [3.05, 3.63) is 42.5 Å². The monoisotopic (exact) mass is 296 g/mol. The summed E-state index contributed by atoms with van der Waals surface area (Å²) < 4.78 is 5.67. The summed E-state index contributed by atoms with van der Waals surface area (Å²) in [7, 11) is 0. The first-order valence-electron chi connectivity index (χ1n) is 7.11. The Morgan fingerprint density at radius 2 is 1.95 bits per heavy atom. The van der Waals surface area contributed by atoms with Crippen LogP contribution in [0.3, 0.4) is 0 Å². The zero-order valence-corrected chi connectivity index (χ0v) is 12.4. The average molecular weight is 296 g/mol. The first-order chi connectivity index (χ1) is 10.5. The highest BCUT2D eigenvalue weighted by Crippen LogP contribution is 2.22. The summed E-state index contributed by atoms with van der Waals surface area (Å²) in [6.45, 7) is 3.34. The number of fused-ring (bicyclic) bond motifs is 1. The van der Waals surface area contributed by atoms with E-state index < -0.39 is 12.0 Å². The molecule has 0 bridgehead atoms. The van der Waals surface area contributed by atoms with Gasteiger partial charge >= 0.3 is 0 Å². The lowest BCUT2D eigenvalue weighted by atomic mass is 10.1. The molecule has 1 atom stereocenters. The fraction of sp³-hybridized carbons (Fsp3) is 0.235. The number of benzene rings is 2. The van der Waals surface area contributed by atoms with E-state index in [0.717, 1.165) is 15.8 Å². The van der Waals surface area contributed by atoms with E-state index in [-0.39, 0.29) is 12.3 Å². The molecule has 2 aromatic rings. The Labute approximate surface area is 128 Å². The molecular formula is C17H16N2O3. The Morgan fingerprint density at radius 3 is 2.64 bits per heavy atom. The molecule has 1 heterocycles. The van der Waals surface area contributed by atoms with Crippen LogP contribution < -0.4 is 4.74 Å². The molecule has 0 aliphatic carbocycles. The van der Waals surface area contributed by atoms with Gasteiger partial charge in [0.25, 0.3) is 11.8 Å². The molecule has 1 aliphatic heterocycles. The van der Waals surface area contributed by atoms with E-state index in [1.165, 1.54) is 0 Å². The summed E-state index contributed by atoms with van der Waals surface area (Å²) in [4.78, 5) is 23.9. The van der Waals surface area contributed by atoms with Gasteiger partial charge in [-0.3, -0.25) is 9.59 Å². The van der Waals surface area contributed by atoms with Crippen LogP contribution in [-0.4, -0.2) is 28.6 Å². The highest BCUT2D eigenvalue weighted by atomic mass is 16.5. The van der Waals surface area contributed by atoms with E-state index in [2.05, 4.69) is 5.10 Å². The zero-order valence-electron chi connectivity index (χ0n) is 12.4. The molecule has 0 radical (unpaired) electrons. The van der Waals surface area contributed by atoms with Gasteiger partial charge in [-0.15, -0.1) is 0 Å². The number of carbonyl (C=O) groups excluding carboxylic acids is 2. The summed E-state index contributed by atoms with van der Waals surface area (Å²) in [5.41, 5.74) is 0.635. The number of nitrogens with zero attached hydrogens (tertiary/aromatic N) is 2. The minimum absolute atomic E-state index is 0.189. The summed E-state index contributed by atoms with van der Waals surface area (Å²) in [5.74, 6) is -0.168. The lowest BCUT2D eigenvalue weighted by molar-refractivity contribution is -0.147. The van der Waals surface area contributed by atoms with Gasteiger partial charge in [0.05, 0.1) is 6.42 Å². The third kappa shape index (κ3) is 2.70. The summed E-state index contributed by atoms with van der Waals surface area (Å²) >= 11 is 0. The van der Waals surface area contributed by atoms with Crippen molar-refractivity contribution in [3.63, 3.8) is 0 Å². The van der Waals surface area contributed by atoms with Crippen LogP contribution in [0.5, 0.6) is 5.75 Å². The van der Waals surface area contributed by atoms with Gasteiger partial charge in [-0.2, -0.15) is 10.1 Å². The second-order valence-electron chi connectivity index (χ2n) is 5.32. The fourth-order valence-corrected chi connectivity index (χ4v) is 2.40. The number of rotatable bonds is 3. The summed E-state index contributed by atoms with van der Waals surface area (Å²) in [6, 6.07) is 13.5. The number of hydrogen-bond acceptors (Lipinski definition) is 4. The first kappa shape index (κ1) is 14.3. The Bertz CT molecular complexity index is 782. The lowest BCUT2D eigenvalue weighted by Crippen LogP contribution is -2.38. The molecule has 1 aliphatic rings. The van der Waals surface area contributed by atoms with Crippen LogP contribution in [0.25, 0.3) is 10.8 Å². The van der Waals surface area contributed by atoms with Crippen LogP contribution in [-0.2, 0) is 9.59 Å². The molecule has 2 aromatic carbocycles. The number of amides is 2. The van der Waals surface area contributed by atoms with E-state index >= 15 is 0 Å². The van der Waals surface area contributed by atoms with Crippen molar-refractivity contribution in [2.45, 2.75) is 26.4 Å². The average Bonchev–Trinajstić information content (AvgIpc) is 2.85. The van der Waals surface area contributed by atoms with Gasteiger partial charge in [-0.1, -0.05) is 30.3 Å². The van der Waals surface area contributed by atoms with Crippen molar-refractivity contribution in [2.75, 3.05) is 0 Å². The van der Waals surface area contributed by atoms with Crippen molar-refractivity contribution in [1.82, 2.24) is 5.01 Å². The van der Waals surface area contributed by atoms with E-state index in [1.807, 2.05) is 42.5 Å². The Morgan fingerprint density at radius 1 is 1.23 bits per heavy atom.